The Morgan fingerprint density at radius 2 is 2.00 bits per heavy atom. The number of benzene rings is 1. The lowest BCUT2D eigenvalue weighted by Gasteiger charge is -2.25. The van der Waals surface area contributed by atoms with Crippen molar-refractivity contribution < 1.29 is 4.79 Å². The van der Waals surface area contributed by atoms with Crippen LogP contribution in [0.25, 0.3) is 11.4 Å². The summed E-state index contributed by atoms with van der Waals surface area (Å²) in [7, 11) is 0. The fourth-order valence-electron chi connectivity index (χ4n) is 3.56. The molecular weight excluding hydrogens is 470 g/mol. The third-order valence-corrected chi connectivity index (χ3v) is 7.20. The van der Waals surface area contributed by atoms with E-state index < -0.39 is 0 Å². The first-order chi connectivity index (χ1) is 14.1. The molecule has 0 unspecified atom stereocenters. The van der Waals surface area contributed by atoms with Crippen LogP contribution in [0.4, 0.5) is 5.13 Å². The first-order valence-electron chi connectivity index (χ1n) is 9.66. The molecular formula is C20H22BrN5OS2. The molecule has 1 amide bonds. The molecule has 0 spiro atoms. The zero-order chi connectivity index (χ0) is 20.2. The molecule has 0 atom stereocenters. The SMILES string of the molecule is CC(=O)Nc1nc(CSc2nnc(-c3ccc(Br)cc3)n2C2CCCCC2)cs1. The zero-order valence-electron chi connectivity index (χ0n) is 16.1. The minimum Gasteiger partial charge on any atom is -0.302 e. The van der Waals surface area contributed by atoms with Gasteiger partial charge in [0.1, 0.15) is 0 Å². The van der Waals surface area contributed by atoms with E-state index in [1.54, 1.807) is 11.8 Å². The van der Waals surface area contributed by atoms with Gasteiger partial charge in [0.25, 0.3) is 0 Å². The van der Waals surface area contributed by atoms with E-state index in [2.05, 4.69) is 53.1 Å². The van der Waals surface area contributed by atoms with Crippen molar-refractivity contribution in [3.8, 4) is 11.4 Å². The number of carbonyl (C=O) groups excluding carboxylic acids is 1. The second-order valence-corrected chi connectivity index (χ2v) is 9.81. The normalized spacial score (nSPS) is 14.8. The van der Waals surface area contributed by atoms with Crippen molar-refractivity contribution in [2.45, 2.75) is 56.0 Å². The number of amides is 1. The number of rotatable bonds is 6. The summed E-state index contributed by atoms with van der Waals surface area (Å²) >= 11 is 6.61. The van der Waals surface area contributed by atoms with Crippen LogP contribution in [0.2, 0.25) is 0 Å². The number of aromatic nitrogens is 4. The van der Waals surface area contributed by atoms with E-state index in [4.69, 9.17) is 0 Å². The van der Waals surface area contributed by atoms with E-state index in [1.807, 2.05) is 17.5 Å². The molecule has 1 aromatic carbocycles. The van der Waals surface area contributed by atoms with Crippen LogP contribution < -0.4 is 5.32 Å². The molecule has 4 rings (SSSR count). The highest BCUT2D eigenvalue weighted by molar-refractivity contribution is 9.10. The molecule has 0 bridgehead atoms. The van der Waals surface area contributed by atoms with Gasteiger partial charge in [-0.1, -0.05) is 59.1 Å². The molecule has 2 aromatic heterocycles. The number of carbonyl (C=O) groups is 1. The summed E-state index contributed by atoms with van der Waals surface area (Å²) in [6, 6.07) is 8.69. The van der Waals surface area contributed by atoms with E-state index >= 15 is 0 Å². The lowest BCUT2D eigenvalue weighted by Crippen LogP contribution is -2.15. The zero-order valence-corrected chi connectivity index (χ0v) is 19.3. The first kappa shape index (κ1) is 20.6. The van der Waals surface area contributed by atoms with Crippen molar-refractivity contribution in [3.63, 3.8) is 0 Å². The van der Waals surface area contributed by atoms with E-state index in [0.29, 0.717) is 16.9 Å². The highest BCUT2D eigenvalue weighted by atomic mass is 79.9. The van der Waals surface area contributed by atoms with Gasteiger partial charge < -0.3 is 5.32 Å². The Hall–Kier alpha value is -1.71. The van der Waals surface area contributed by atoms with Crippen LogP contribution in [0.5, 0.6) is 0 Å². The molecule has 1 aliphatic rings. The van der Waals surface area contributed by atoms with Gasteiger partial charge in [-0.3, -0.25) is 9.36 Å². The Bertz CT molecular complexity index is 979. The minimum atomic E-state index is -0.102. The van der Waals surface area contributed by atoms with Gasteiger partial charge in [0.15, 0.2) is 16.1 Å². The minimum absolute atomic E-state index is 0.102. The van der Waals surface area contributed by atoms with Crippen molar-refractivity contribution in [3.05, 3.63) is 39.8 Å². The van der Waals surface area contributed by atoms with Gasteiger partial charge in [0.05, 0.1) is 5.69 Å². The van der Waals surface area contributed by atoms with Crippen LogP contribution in [-0.4, -0.2) is 25.7 Å². The molecule has 152 valence electrons. The molecule has 0 radical (unpaired) electrons. The van der Waals surface area contributed by atoms with Gasteiger partial charge >= 0.3 is 0 Å². The molecule has 0 aliphatic heterocycles. The van der Waals surface area contributed by atoms with Gasteiger partial charge in [-0.15, -0.1) is 21.5 Å². The van der Waals surface area contributed by atoms with E-state index in [1.165, 1.54) is 50.4 Å². The predicted molar refractivity (Wildman–Crippen MR) is 121 cm³/mol. The predicted octanol–water partition coefficient (Wildman–Crippen LogP) is 5.92. The van der Waals surface area contributed by atoms with E-state index in [0.717, 1.165) is 26.7 Å². The number of hydrogen-bond donors (Lipinski definition) is 1. The van der Waals surface area contributed by atoms with Crippen LogP contribution in [-0.2, 0) is 10.5 Å². The molecule has 2 heterocycles. The molecule has 3 aromatic rings. The number of halogens is 1. The lowest BCUT2D eigenvalue weighted by atomic mass is 9.95. The van der Waals surface area contributed by atoms with Crippen molar-refractivity contribution in [2.24, 2.45) is 0 Å². The fourth-order valence-corrected chi connectivity index (χ4v) is 5.58. The maximum absolute atomic E-state index is 11.2. The molecule has 1 fully saturated rings. The fraction of sp³-hybridized carbons (Fsp3) is 0.400. The average molecular weight is 492 g/mol. The largest absolute Gasteiger partial charge is 0.302 e. The topological polar surface area (TPSA) is 72.7 Å². The molecule has 1 aliphatic carbocycles. The maximum atomic E-state index is 11.2. The van der Waals surface area contributed by atoms with Crippen molar-refractivity contribution in [1.82, 2.24) is 19.7 Å². The van der Waals surface area contributed by atoms with Gasteiger partial charge in [-0.05, 0) is 25.0 Å². The highest BCUT2D eigenvalue weighted by Crippen LogP contribution is 2.36. The monoisotopic (exact) mass is 491 g/mol. The Kier molecular flexibility index (Phi) is 6.67. The molecule has 0 saturated heterocycles. The summed E-state index contributed by atoms with van der Waals surface area (Å²) in [6.07, 6.45) is 6.13. The number of hydrogen-bond acceptors (Lipinski definition) is 6. The number of anilines is 1. The number of nitrogens with zero attached hydrogens (tertiary/aromatic N) is 4. The number of nitrogens with one attached hydrogen (secondary N) is 1. The van der Waals surface area contributed by atoms with Gasteiger partial charge in [-0.25, -0.2) is 4.98 Å². The molecule has 1 N–H and O–H groups in total. The third-order valence-electron chi connectivity index (χ3n) is 4.89. The van der Waals surface area contributed by atoms with Gasteiger partial charge in [0.2, 0.25) is 5.91 Å². The van der Waals surface area contributed by atoms with Gasteiger partial charge in [0, 0.05) is 34.1 Å². The van der Waals surface area contributed by atoms with Gasteiger partial charge in [-0.2, -0.15) is 0 Å². The second-order valence-electron chi connectivity index (χ2n) is 7.09. The smallest absolute Gasteiger partial charge is 0.223 e. The maximum Gasteiger partial charge on any atom is 0.223 e. The molecule has 6 nitrogen and oxygen atoms in total. The Morgan fingerprint density at radius 3 is 2.72 bits per heavy atom. The molecule has 29 heavy (non-hydrogen) atoms. The summed E-state index contributed by atoms with van der Waals surface area (Å²) in [6.45, 7) is 1.49. The summed E-state index contributed by atoms with van der Waals surface area (Å²) in [5, 5.41) is 15.4. The number of thiazole rings is 1. The highest BCUT2D eigenvalue weighted by Gasteiger charge is 2.24. The molecule has 9 heteroatoms. The first-order valence-corrected chi connectivity index (χ1v) is 12.3. The Morgan fingerprint density at radius 1 is 1.24 bits per heavy atom. The quantitative estimate of drug-likeness (QED) is 0.433. The lowest BCUT2D eigenvalue weighted by molar-refractivity contribution is -0.114. The third kappa shape index (κ3) is 5.07. The van der Waals surface area contributed by atoms with E-state index in [-0.39, 0.29) is 5.91 Å². The van der Waals surface area contributed by atoms with Crippen molar-refractivity contribution >= 4 is 50.1 Å². The number of thioether (sulfide) groups is 1. The van der Waals surface area contributed by atoms with Crippen LogP contribution >= 0.6 is 39.0 Å². The second kappa shape index (κ2) is 9.40. The summed E-state index contributed by atoms with van der Waals surface area (Å²) < 4.78 is 3.38. The Labute approximate surface area is 186 Å². The Balaban J connectivity index is 1.58. The molecule has 1 saturated carbocycles. The van der Waals surface area contributed by atoms with Crippen LogP contribution in [0.15, 0.2) is 39.3 Å². The van der Waals surface area contributed by atoms with Crippen molar-refractivity contribution in [1.29, 1.82) is 0 Å². The summed E-state index contributed by atoms with van der Waals surface area (Å²) in [5.74, 6) is 1.53. The average Bonchev–Trinajstić information content (AvgIpc) is 3.34. The van der Waals surface area contributed by atoms with Crippen LogP contribution in [0.3, 0.4) is 0 Å². The summed E-state index contributed by atoms with van der Waals surface area (Å²) in [4.78, 5) is 15.7. The van der Waals surface area contributed by atoms with Crippen LogP contribution in [0, 0.1) is 0 Å². The van der Waals surface area contributed by atoms with Crippen LogP contribution in [0.1, 0.15) is 50.8 Å². The van der Waals surface area contributed by atoms with E-state index in [9.17, 15) is 4.79 Å². The standard InChI is InChI=1S/C20H22BrN5OS2/c1-13(27)22-19-23-16(11-28-19)12-29-20-25-24-18(14-7-9-15(21)10-8-14)26(20)17-5-3-2-4-6-17/h7-11,17H,2-6,12H2,1H3,(H,22,23,27). The van der Waals surface area contributed by atoms with Crippen molar-refractivity contribution in [2.75, 3.05) is 5.32 Å². The summed E-state index contributed by atoms with van der Waals surface area (Å²) in [5.41, 5.74) is 2.02.